The van der Waals surface area contributed by atoms with E-state index >= 15 is 0 Å². The fraction of sp³-hybridized carbons (Fsp3) is 0.400. The number of nitro groups is 1. The molecular formula is C10H12INO5S. The van der Waals surface area contributed by atoms with Crippen LogP contribution in [0.2, 0.25) is 0 Å². The normalized spacial score (nSPS) is 15.1. The van der Waals surface area contributed by atoms with Crippen LogP contribution in [0.5, 0.6) is 0 Å². The Morgan fingerprint density at radius 3 is 2.28 bits per heavy atom. The third-order valence-corrected chi connectivity index (χ3v) is 7.19. The molecule has 100 valence electrons. The molecule has 0 unspecified atom stereocenters. The number of sulfone groups is 1. The van der Waals surface area contributed by atoms with E-state index in [2.05, 4.69) is 0 Å². The molecular weight excluding hydrogens is 373 g/mol. The van der Waals surface area contributed by atoms with Crippen molar-refractivity contribution < 1.29 is 18.4 Å². The molecule has 0 bridgehead atoms. The number of non-ortho nitro benzene ring substituents is 1. The lowest BCUT2D eigenvalue weighted by molar-refractivity contribution is -0.384. The first kappa shape index (κ1) is 15.3. The fourth-order valence-corrected chi connectivity index (χ4v) is 3.66. The highest BCUT2D eigenvalue weighted by Crippen LogP contribution is 2.28. The molecule has 8 heteroatoms. The molecule has 0 heterocycles. The van der Waals surface area contributed by atoms with Gasteiger partial charge in [0.2, 0.25) is 0 Å². The summed E-state index contributed by atoms with van der Waals surface area (Å²) in [6.45, 7) is 1.50. The van der Waals surface area contributed by atoms with E-state index in [-0.39, 0.29) is 11.4 Å². The highest BCUT2D eigenvalue weighted by molar-refractivity contribution is 14.1. The van der Waals surface area contributed by atoms with Crippen LogP contribution in [-0.2, 0) is 9.84 Å². The lowest BCUT2D eigenvalue weighted by Crippen LogP contribution is -2.24. The topological polar surface area (TPSA) is 97.5 Å². The van der Waals surface area contributed by atoms with Crippen LogP contribution in [0.15, 0.2) is 24.3 Å². The van der Waals surface area contributed by atoms with Crippen molar-refractivity contribution in [3.63, 3.8) is 0 Å². The SMILES string of the molecule is CCS(=O)(=O)[C@H](I)[C@H](O)c1ccc([N+](=O)[O-])cc1. The second-order valence-electron chi connectivity index (χ2n) is 3.60. The van der Waals surface area contributed by atoms with Gasteiger partial charge in [-0.25, -0.2) is 8.42 Å². The summed E-state index contributed by atoms with van der Waals surface area (Å²) in [5, 5.41) is 20.4. The molecule has 0 saturated carbocycles. The Balaban J connectivity index is 2.98. The van der Waals surface area contributed by atoms with Crippen LogP contribution in [0.3, 0.4) is 0 Å². The molecule has 0 radical (unpaired) electrons. The number of alkyl halides is 1. The lowest BCUT2D eigenvalue weighted by Gasteiger charge is -2.17. The van der Waals surface area contributed by atoms with Gasteiger partial charge in [-0.3, -0.25) is 10.1 Å². The van der Waals surface area contributed by atoms with Crippen molar-refractivity contribution >= 4 is 38.1 Å². The summed E-state index contributed by atoms with van der Waals surface area (Å²) >= 11 is 1.66. The van der Waals surface area contributed by atoms with Crippen molar-refractivity contribution in [1.82, 2.24) is 0 Å². The number of aliphatic hydroxyl groups excluding tert-OH is 1. The van der Waals surface area contributed by atoms with Crippen molar-refractivity contribution in [1.29, 1.82) is 0 Å². The van der Waals surface area contributed by atoms with Gasteiger partial charge in [0.05, 0.1) is 4.92 Å². The van der Waals surface area contributed by atoms with Gasteiger partial charge in [-0.15, -0.1) is 0 Å². The number of rotatable bonds is 5. The largest absolute Gasteiger partial charge is 0.386 e. The molecule has 1 aromatic carbocycles. The van der Waals surface area contributed by atoms with Gasteiger partial charge in [-0.1, -0.05) is 29.5 Å². The Labute approximate surface area is 118 Å². The minimum absolute atomic E-state index is 0.0648. The third kappa shape index (κ3) is 3.39. The van der Waals surface area contributed by atoms with Crippen molar-refractivity contribution in [2.75, 3.05) is 5.75 Å². The number of hydrogen-bond donors (Lipinski definition) is 1. The van der Waals surface area contributed by atoms with Crippen LogP contribution in [0, 0.1) is 10.1 Å². The van der Waals surface area contributed by atoms with Gasteiger partial charge in [-0.2, -0.15) is 0 Å². The van der Waals surface area contributed by atoms with Crippen LogP contribution in [0.4, 0.5) is 5.69 Å². The first-order valence-electron chi connectivity index (χ1n) is 5.07. The number of aliphatic hydroxyl groups is 1. The predicted octanol–water partition coefficient (Wildman–Crippen LogP) is 1.82. The summed E-state index contributed by atoms with van der Waals surface area (Å²) in [5.74, 6) is -0.0648. The summed E-state index contributed by atoms with van der Waals surface area (Å²) in [7, 11) is -3.37. The Bertz CT molecular complexity index is 528. The quantitative estimate of drug-likeness (QED) is 0.361. The molecule has 0 saturated heterocycles. The van der Waals surface area contributed by atoms with Gasteiger partial charge in [0.1, 0.15) is 9.36 Å². The molecule has 0 aliphatic heterocycles. The van der Waals surface area contributed by atoms with Crippen molar-refractivity contribution in [3.05, 3.63) is 39.9 Å². The minimum atomic E-state index is -3.37. The highest BCUT2D eigenvalue weighted by Gasteiger charge is 2.29. The molecule has 0 aliphatic carbocycles. The fourth-order valence-electron chi connectivity index (χ4n) is 1.30. The Hall–Kier alpha value is -0.740. The average molecular weight is 385 g/mol. The number of halogens is 1. The molecule has 1 aromatic rings. The van der Waals surface area contributed by atoms with E-state index in [1.807, 2.05) is 0 Å². The number of nitro benzene ring substituents is 1. The van der Waals surface area contributed by atoms with Crippen LogP contribution in [0.1, 0.15) is 18.6 Å². The number of benzene rings is 1. The summed E-state index contributed by atoms with van der Waals surface area (Å²) < 4.78 is 22.3. The van der Waals surface area contributed by atoms with E-state index in [9.17, 15) is 23.6 Å². The van der Waals surface area contributed by atoms with Crippen LogP contribution in [-0.4, -0.2) is 27.5 Å². The Kier molecular flexibility index (Phi) is 5.05. The van der Waals surface area contributed by atoms with Gasteiger partial charge < -0.3 is 5.11 Å². The zero-order valence-electron chi connectivity index (χ0n) is 9.48. The third-order valence-electron chi connectivity index (χ3n) is 2.44. The van der Waals surface area contributed by atoms with Gasteiger partial charge in [0, 0.05) is 17.9 Å². The molecule has 6 nitrogen and oxygen atoms in total. The maximum Gasteiger partial charge on any atom is 0.269 e. The summed E-state index contributed by atoms with van der Waals surface area (Å²) in [6, 6.07) is 5.19. The van der Waals surface area contributed by atoms with E-state index in [4.69, 9.17) is 0 Å². The van der Waals surface area contributed by atoms with Gasteiger partial charge in [-0.05, 0) is 17.7 Å². The zero-order chi connectivity index (χ0) is 13.9. The highest BCUT2D eigenvalue weighted by atomic mass is 127. The van der Waals surface area contributed by atoms with Gasteiger partial charge >= 0.3 is 0 Å². The van der Waals surface area contributed by atoms with Crippen LogP contribution >= 0.6 is 22.6 Å². The maximum absolute atomic E-state index is 11.6. The second-order valence-corrected chi connectivity index (χ2v) is 8.19. The van der Waals surface area contributed by atoms with Crippen molar-refractivity contribution in [2.45, 2.75) is 16.3 Å². The molecule has 1 rings (SSSR count). The Morgan fingerprint density at radius 2 is 1.89 bits per heavy atom. The van der Waals surface area contributed by atoms with Crippen LogP contribution < -0.4 is 0 Å². The van der Waals surface area contributed by atoms with E-state index in [0.29, 0.717) is 5.56 Å². The molecule has 0 fully saturated rings. The van der Waals surface area contributed by atoms with Gasteiger partial charge in [0.25, 0.3) is 5.69 Å². The van der Waals surface area contributed by atoms with Crippen molar-refractivity contribution in [3.8, 4) is 0 Å². The first-order valence-corrected chi connectivity index (χ1v) is 8.03. The number of hydrogen-bond acceptors (Lipinski definition) is 5. The molecule has 2 atom stereocenters. The van der Waals surface area contributed by atoms with E-state index in [0.717, 1.165) is 0 Å². The smallest absolute Gasteiger partial charge is 0.269 e. The van der Waals surface area contributed by atoms with E-state index < -0.39 is 24.1 Å². The molecule has 18 heavy (non-hydrogen) atoms. The number of nitrogens with zero attached hydrogens (tertiary/aromatic N) is 1. The van der Waals surface area contributed by atoms with Gasteiger partial charge in [0.15, 0.2) is 9.84 Å². The monoisotopic (exact) mass is 385 g/mol. The maximum atomic E-state index is 11.6. The second kappa shape index (κ2) is 5.93. The average Bonchev–Trinajstić information content (AvgIpc) is 2.37. The zero-order valence-corrected chi connectivity index (χ0v) is 12.5. The minimum Gasteiger partial charge on any atom is -0.386 e. The van der Waals surface area contributed by atoms with E-state index in [1.54, 1.807) is 22.6 Å². The molecule has 1 N–H and O–H groups in total. The Morgan fingerprint density at radius 1 is 1.39 bits per heavy atom. The summed E-state index contributed by atoms with van der Waals surface area (Å²) in [6.07, 6.45) is -1.20. The van der Waals surface area contributed by atoms with Crippen molar-refractivity contribution in [2.24, 2.45) is 0 Å². The predicted molar refractivity (Wildman–Crippen MR) is 75.3 cm³/mol. The standard InChI is InChI=1S/C10H12INO5S/c1-2-18(16,17)10(11)9(13)7-3-5-8(6-4-7)12(14)15/h3-6,9-10,13H,2H2,1H3/t9-,10+/m1/s1. The summed E-state index contributed by atoms with van der Waals surface area (Å²) in [4.78, 5) is 9.91. The lowest BCUT2D eigenvalue weighted by atomic mass is 10.1. The first-order chi connectivity index (χ1) is 8.29. The summed E-state index contributed by atoms with van der Waals surface area (Å²) in [5.41, 5.74) is 0.242. The van der Waals surface area contributed by atoms with Crippen LogP contribution in [0.25, 0.3) is 0 Å². The molecule has 0 aromatic heterocycles. The molecule has 0 aliphatic rings. The van der Waals surface area contributed by atoms with E-state index in [1.165, 1.54) is 31.2 Å². The molecule has 0 spiro atoms. The molecule has 0 amide bonds.